The minimum absolute atomic E-state index is 0.168. The van der Waals surface area contributed by atoms with Crippen LogP contribution in [0.2, 0.25) is 0 Å². The second kappa shape index (κ2) is 9.64. The van der Waals surface area contributed by atoms with Crippen LogP contribution in [-0.2, 0) is 4.79 Å². The summed E-state index contributed by atoms with van der Waals surface area (Å²) < 4.78 is 8.29. The Kier molecular flexibility index (Phi) is 7.42. The normalized spacial score (nSPS) is 16.4. The maximum atomic E-state index is 12.4. The minimum Gasteiger partial charge on any atom is -0.487 e. The summed E-state index contributed by atoms with van der Waals surface area (Å²) in [7, 11) is 0. The zero-order valence-corrected chi connectivity index (χ0v) is 21.3. The van der Waals surface area contributed by atoms with E-state index in [0.717, 1.165) is 35.8 Å². The van der Waals surface area contributed by atoms with Gasteiger partial charge < -0.3 is 10.1 Å². The number of thioether (sulfide) groups is 1. The molecule has 0 aliphatic carbocycles. The molecule has 2 aromatic carbocycles. The van der Waals surface area contributed by atoms with Gasteiger partial charge in [0.15, 0.2) is 5.17 Å². The molecule has 2 aromatic rings. The molecule has 0 unspecified atom stereocenters. The summed E-state index contributed by atoms with van der Waals surface area (Å²) >= 11 is 11.9. The Labute approximate surface area is 199 Å². The Hall–Kier alpha value is -1.35. The van der Waals surface area contributed by atoms with Crippen molar-refractivity contribution in [1.82, 2.24) is 5.32 Å². The first kappa shape index (κ1) is 22.3. The molecule has 0 aromatic heterocycles. The first-order valence-corrected chi connectivity index (χ1v) is 11.8. The maximum Gasteiger partial charge on any atom is 0.264 e. The van der Waals surface area contributed by atoms with Crippen LogP contribution in [-0.4, -0.2) is 17.7 Å². The number of rotatable bonds is 5. The zero-order valence-electron chi connectivity index (χ0n) is 15.7. The van der Waals surface area contributed by atoms with Crippen molar-refractivity contribution >= 4 is 82.4 Å². The van der Waals surface area contributed by atoms with Crippen molar-refractivity contribution in [2.24, 2.45) is 4.99 Å². The van der Waals surface area contributed by atoms with Crippen LogP contribution in [0.1, 0.15) is 16.7 Å². The Bertz CT molecular complexity index is 1020. The molecule has 0 saturated carbocycles. The molecule has 1 fully saturated rings. The molecule has 1 saturated heterocycles. The van der Waals surface area contributed by atoms with E-state index in [1.54, 1.807) is 6.08 Å². The number of aryl methyl sites for hydroxylation is 2. The first-order chi connectivity index (χ1) is 13.8. The van der Waals surface area contributed by atoms with Crippen LogP contribution in [0.3, 0.4) is 0 Å². The fourth-order valence-electron chi connectivity index (χ4n) is 2.68. The topological polar surface area (TPSA) is 50.7 Å². The summed E-state index contributed by atoms with van der Waals surface area (Å²) in [6, 6.07) is 7.77. The predicted octanol–water partition coefficient (Wildman–Crippen LogP) is 7.05. The van der Waals surface area contributed by atoms with Gasteiger partial charge in [-0.2, -0.15) is 0 Å². The van der Waals surface area contributed by atoms with Gasteiger partial charge in [-0.05, 0) is 105 Å². The van der Waals surface area contributed by atoms with Gasteiger partial charge in [0, 0.05) is 4.47 Å². The molecule has 0 spiro atoms. The molecular formula is C21H17Br3N2O2S. The van der Waals surface area contributed by atoms with Crippen molar-refractivity contribution in [3.05, 3.63) is 71.9 Å². The predicted molar refractivity (Wildman–Crippen MR) is 132 cm³/mol. The standard InChI is InChI=1S/C21H17Br3N2O2S/c1-4-5-28-19-15(22)8-13(9-16(19)23)10-17-20(27)26-21(29-17)25-14-6-11(2)18(24)12(3)7-14/h4,6-10H,1,5H2,2-3H3,(H,25,26,27)/b17-10+. The Morgan fingerprint density at radius 3 is 2.34 bits per heavy atom. The molecule has 29 heavy (non-hydrogen) atoms. The molecule has 150 valence electrons. The van der Waals surface area contributed by atoms with E-state index in [1.807, 2.05) is 44.2 Å². The highest BCUT2D eigenvalue weighted by molar-refractivity contribution is 9.11. The number of carbonyl (C=O) groups is 1. The zero-order chi connectivity index (χ0) is 21.1. The monoisotopic (exact) mass is 598 g/mol. The van der Waals surface area contributed by atoms with Gasteiger partial charge in [-0.3, -0.25) is 4.79 Å². The molecule has 0 radical (unpaired) electrons. The fourth-order valence-corrected chi connectivity index (χ4v) is 5.20. The number of halogens is 3. The summed E-state index contributed by atoms with van der Waals surface area (Å²) in [5.74, 6) is 0.525. The number of hydrogen-bond donors (Lipinski definition) is 1. The number of nitrogens with one attached hydrogen (secondary N) is 1. The van der Waals surface area contributed by atoms with Crippen LogP contribution < -0.4 is 10.1 Å². The van der Waals surface area contributed by atoms with Crippen LogP contribution in [0.4, 0.5) is 5.69 Å². The van der Waals surface area contributed by atoms with Crippen molar-refractivity contribution in [2.45, 2.75) is 13.8 Å². The number of ether oxygens (including phenoxy) is 1. The Morgan fingerprint density at radius 2 is 1.76 bits per heavy atom. The van der Waals surface area contributed by atoms with Gasteiger partial charge in [0.2, 0.25) is 0 Å². The average Bonchev–Trinajstić information content (AvgIpc) is 2.98. The highest BCUT2D eigenvalue weighted by atomic mass is 79.9. The number of hydrogen-bond acceptors (Lipinski definition) is 4. The van der Waals surface area contributed by atoms with Crippen molar-refractivity contribution in [3.8, 4) is 5.75 Å². The van der Waals surface area contributed by atoms with Crippen LogP contribution in [0.5, 0.6) is 5.75 Å². The summed E-state index contributed by atoms with van der Waals surface area (Å²) in [6.45, 7) is 8.10. The lowest BCUT2D eigenvalue weighted by Gasteiger charge is -2.09. The summed E-state index contributed by atoms with van der Waals surface area (Å²) in [5, 5.41) is 3.39. The van der Waals surface area contributed by atoms with Crippen LogP contribution in [0.15, 0.2) is 60.2 Å². The van der Waals surface area contributed by atoms with Crippen molar-refractivity contribution < 1.29 is 9.53 Å². The summed E-state index contributed by atoms with van der Waals surface area (Å²) in [6.07, 6.45) is 3.51. The quantitative estimate of drug-likeness (QED) is 0.296. The smallest absolute Gasteiger partial charge is 0.264 e. The molecule has 3 rings (SSSR count). The van der Waals surface area contributed by atoms with E-state index < -0.39 is 0 Å². The molecule has 1 aliphatic rings. The second-order valence-corrected chi connectivity index (χ2v) is 9.82. The van der Waals surface area contributed by atoms with Gasteiger partial charge >= 0.3 is 0 Å². The van der Waals surface area contributed by atoms with E-state index in [2.05, 4.69) is 64.7 Å². The van der Waals surface area contributed by atoms with Gasteiger partial charge in [0.1, 0.15) is 12.4 Å². The van der Waals surface area contributed by atoms with E-state index >= 15 is 0 Å². The molecular weight excluding hydrogens is 584 g/mol. The lowest BCUT2D eigenvalue weighted by atomic mass is 10.1. The van der Waals surface area contributed by atoms with Gasteiger partial charge in [-0.25, -0.2) is 4.99 Å². The Balaban J connectivity index is 1.85. The molecule has 8 heteroatoms. The number of aliphatic imine (C=N–C) groups is 1. The molecule has 1 heterocycles. The largest absolute Gasteiger partial charge is 0.487 e. The number of carbonyl (C=O) groups excluding carboxylic acids is 1. The lowest BCUT2D eigenvalue weighted by Crippen LogP contribution is -2.19. The second-order valence-electron chi connectivity index (χ2n) is 6.29. The molecule has 4 nitrogen and oxygen atoms in total. The third kappa shape index (κ3) is 5.42. The minimum atomic E-state index is -0.168. The van der Waals surface area contributed by atoms with Gasteiger partial charge in [-0.15, -0.1) is 0 Å². The van der Waals surface area contributed by atoms with E-state index in [1.165, 1.54) is 11.8 Å². The highest BCUT2D eigenvalue weighted by Gasteiger charge is 2.24. The van der Waals surface area contributed by atoms with E-state index in [9.17, 15) is 4.79 Å². The average molecular weight is 601 g/mol. The van der Waals surface area contributed by atoms with Gasteiger partial charge in [0.05, 0.1) is 19.5 Å². The van der Waals surface area contributed by atoms with Crippen molar-refractivity contribution in [1.29, 1.82) is 0 Å². The highest BCUT2D eigenvalue weighted by Crippen LogP contribution is 2.37. The van der Waals surface area contributed by atoms with Crippen LogP contribution in [0.25, 0.3) is 6.08 Å². The molecule has 1 N–H and O–H groups in total. The maximum absolute atomic E-state index is 12.4. The SMILES string of the molecule is C=CCOc1c(Br)cc(/C=C2/SC(=Nc3cc(C)c(Br)c(C)c3)NC2=O)cc1Br. The molecule has 1 amide bonds. The van der Waals surface area contributed by atoms with Crippen molar-refractivity contribution in [3.63, 3.8) is 0 Å². The van der Waals surface area contributed by atoms with Gasteiger partial charge in [-0.1, -0.05) is 28.6 Å². The van der Waals surface area contributed by atoms with Gasteiger partial charge in [0.25, 0.3) is 5.91 Å². The summed E-state index contributed by atoms with van der Waals surface area (Å²) in [4.78, 5) is 17.6. The first-order valence-electron chi connectivity index (χ1n) is 8.57. The third-order valence-electron chi connectivity index (χ3n) is 3.97. The molecule has 0 bridgehead atoms. The van der Waals surface area contributed by atoms with Crippen LogP contribution >= 0.6 is 59.6 Å². The third-order valence-corrected chi connectivity index (χ3v) is 7.31. The van der Waals surface area contributed by atoms with E-state index in [4.69, 9.17) is 4.74 Å². The Morgan fingerprint density at radius 1 is 1.14 bits per heavy atom. The molecule has 0 atom stereocenters. The number of amidine groups is 1. The lowest BCUT2D eigenvalue weighted by molar-refractivity contribution is -0.115. The summed E-state index contributed by atoms with van der Waals surface area (Å²) in [5.41, 5.74) is 3.87. The van der Waals surface area contributed by atoms with E-state index in [-0.39, 0.29) is 5.91 Å². The number of amides is 1. The van der Waals surface area contributed by atoms with Crippen molar-refractivity contribution in [2.75, 3.05) is 6.61 Å². The number of benzene rings is 2. The number of nitrogens with zero attached hydrogens (tertiary/aromatic N) is 1. The fraction of sp³-hybridized carbons (Fsp3) is 0.143. The van der Waals surface area contributed by atoms with Crippen LogP contribution in [0, 0.1) is 13.8 Å². The van der Waals surface area contributed by atoms with E-state index in [0.29, 0.717) is 22.4 Å². The molecule has 1 aliphatic heterocycles.